The van der Waals surface area contributed by atoms with Gasteiger partial charge in [0.2, 0.25) is 22.1 Å². The molecule has 14 heteroatoms. The van der Waals surface area contributed by atoms with Gasteiger partial charge in [0, 0.05) is 37.8 Å². The molecule has 12 nitrogen and oxygen atoms in total. The smallest absolute Gasteiger partial charge is 0.232 e. The summed E-state index contributed by atoms with van der Waals surface area (Å²) in [6, 6.07) is 1.82. The molecule has 0 radical (unpaired) electrons. The van der Waals surface area contributed by atoms with E-state index in [2.05, 4.69) is 41.4 Å². The fraction of sp³-hybridized carbons (Fsp3) is 0.478. The fourth-order valence-corrected chi connectivity index (χ4v) is 6.74. The van der Waals surface area contributed by atoms with Crippen molar-refractivity contribution in [3.05, 3.63) is 40.2 Å². The van der Waals surface area contributed by atoms with Crippen molar-refractivity contribution in [1.82, 2.24) is 35.5 Å². The number of aryl methyl sites for hydroxylation is 1. The Kier molecular flexibility index (Phi) is 7.11. The molecule has 0 aliphatic heterocycles. The average Bonchev–Trinajstić information content (AvgIpc) is 3.53. The van der Waals surface area contributed by atoms with E-state index in [0.29, 0.717) is 33.2 Å². The Balaban J connectivity index is 1.05. The van der Waals surface area contributed by atoms with Crippen LogP contribution in [0, 0.1) is 10.8 Å². The summed E-state index contributed by atoms with van der Waals surface area (Å²) in [5.41, 5.74) is 1.24. The van der Waals surface area contributed by atoms with Crippen molar-refractivity contribution in [2.75, 3.05) is 17.7 Å². The number of hydrogen-bond acceptors (Lipinski definition) is 11. The van der Waals surface area contributed by atoms with Crippen LogP contribution < -0.4 is 16.0 Å². The summed E-state index contributed by atoms with van der Waals surface area (Å²) in [5.74, 6) is 0.308. The first kappa shape index (κ1) is 25.1. The van der Waals surface area contributed by atoms with Crippen molar-refractivity contribution >= 4 is 50.5 Å². The molecular formula is C23H28N10O2S2. The molecule has 4 N–H and O–H groups in total. The molecule has 37 heavy (non-hydrogen) atoms. The van der Waals surface area contributed by atoms with Crippen LogP contribution in [0.4, 0.5) is 10.3 Å². The number of hydrogen-bond donors (Lipinski definition) is 4. The van der Waals surface area contributed by atoms with Gasteiger partial charge in [0.15, 0.2) is 0 Å². The Morgan fingerprint density at radius 2 is 1.65 bits per heavy atom. The fourth-order valence-electron chi connectivity index (χ4n) is 5.02. The van der Waals surface area contributed by atoms with Gasteiger partial charge in [0.05, 0.1) is 18.5 Å². The molecule has 3 heterocycles. The van der Waals surface area contributed by atoms with Crippen molar-refractivity contribution in [2.45, 2.75) is 50.4 Å². The number of allylic oxidation sites excluding steroid dienone is 1. The van der Waals surface area contributed by atoms with Gasteiger partial charge in [-0.15, -0.1) is 20.4 Å². The monoisotopic (exact) mass is 540 g/mol. The molecule has 2 aliphatic carbocycles. The van der Waals surface area contributed by atoms with Crippen molar-refractivity contribution in [2.24, 2.45) is 12.5 Å². The van der Waals surface area contributed by atoms with E-state index in [-0.39, 0.29) is 30.4 Å². The first-order valence-corrected chi connectivity index (χ1v) is 13.6. The number of carbonyl (C=O) groups excluding carboxylic acids is 2. The van der Waals surface area contributed by atoms with Gasteiger partial charge in [0.1, 0.15) is 10.0 Å². The van der Waals surface area contributed by atoms with E-state index in [0.717, 1.165) is 35.7 Å². The highest BCUT2D eigenvalue weighted by molar-refractivity contribution is 7.15. The van der Waals surface area contributed by atoms with Crippen LogP contribution in [0.3, 0.4) is 0 Å². The largest absolute Gasteiger partial charge is 0.394 e. The number of rotatable bonds is 10. The maximum atomic E-state index is 12.3. The molecule has 2 amide bonds. The van der Waals surface area contributed by atoms with Crippen LogP contribution in [0.15, 0.2) is 24.5 Å². The van der Waals surface area contributed by atoms with Crippen molar-refractivity contribution in [3.8, 4) is 0 Å². The number of nitrogens with one attached hydrogen (secondary N) is 4. The molecule has 0 atom stereocenters. The zero-order valence-corrected chi connectivity index (χ0v) is 22.2. The third-order valence-electron chi connectivity index (χ3n) is 6.70. The summed E-state index contributed by atoms with van der Waals surface area (Å²) in [5, 5.41) is 40.2. The Morgan fingerprint density at radius 1 is 1.05 bits per heavy atom. The van der Waals surface area contributed by atoms with E-state index < -0.39 is 0 Å². The van der Waals surface area contributed by atoms with Gasteiger partial charge in [-0.25, -0.2) is 0 Å². The Bertz CT molecular complexity index is 1330. The number of anilines is 2. The summed E-state index contributed by atoms with van der Waals surface area (Å²) in [6.45, 7) is 0. The highest BCUT2D eigenvalue weighted by atomic mass is 32.1. The van der Waals surface area contributed by atoms with E-state index >= 15 is 0 Å². The lowest BCUT2D eigenvalue weighted by Gasteiger charge is -2.56. The molecule has 0 bridgehead atoms. The number of carbonyl (C=O) groups is 2. The molecule has 0 unspecified atom stereocenters. The zero-order valence-electron chi connectivity index (χ0n) is 20.5. The van der Waals surface area contributed by atoms with Gasteiger partial charge in [-0.3, -0.25) is 14.3 Å². The molecule has 3 aromatic rings. The minimum atomic E-state index is -0.273. The van der Waals surface area contributed by atoms with Gasteiger partial charge in [0.25, 0.3) is 0 Å². The number of nitrogens with zero attached hydrogens (tertiary/aromatic N) is 6. The summed E-state index contributed by atoms with van der Waals surface area (Å²) in [4.78, 5) is 24.4. The van der Waals surface area contributed by atoms with Crippen molar-refractivity contribution in [3.63, 3.8) is 0 Å². The summed E-state index contributed by atoms with van der Waals surface area (Å²) < 4.78 is 1.67. The van der Waals surface area contributed by atoms with Crippen LogP contribution >= 0.6 is 22.7 Å². The summed E-state index contributed by atoms with van der Waals surface area (Å²) in [7, 11) is 3.56. The zero-order chi connectivity index (χ0) is 26.0. The highest BCUT2D eigenvalue weighted by Crippen LogP contribution is 2.66. The van der Waals surface area contributed by atoms with E-state index in [1.165, 1.54) is 22.7 Å². The first-order valence-electron chi connectivity index (χ1n) is 12.0. The first-order chi connectivity index (χ1) is 17.8. The minimum Gasteiger partial charge on any atom is -0.394 e. The van der Waals surface area contributed by atoms with Crippen LogP contribution in [0.2, 0.25) is 0 Å². The van der Waals surface area contributed by atoms with Gasteiger partial charge >= 0.3 is 0 Å². The SMILES string of the molecule is CN/C=C\C(=N)CC(=O)Nc1nnc(C2CC3(C2)CC(c2nnc(NC(=O)Cc4ccn(C)n4)s2)C3)s1. The quantitative estimate of drug-likeness (QED) is 0.285. The average molecular weight is 541 g/mol. The molecule has 2 saturated carbocycles. The maximum Gasteiger partial charge on any atom is 0.232 e. The van der Waals surface area contributed by atoms with E-state index in [4.69, 9.17) is 5.41 Å². The number of aromatic nitrogens is 6. The van der Waals surface area contributed by atoms with Crippen molar-refractivity contribution in [1.29, 1.82) is 5.41 Å². The lowest BCUT2D eigenvalue weighted by Crippen LogP contribution is -2.45. The minimum absolute atomic E-state index is 0.0116. The normalized spacial score (nSPS) is 22.4. The summed E-state index contributed by atoms with van der Waals surface area (Å²) >= 11 is 2.86. The number of amides is 2. The molecule has 1 spiro atoms. The van der Waals surface area contributed by atoms with Crippen LogP contribution in [0.25, 0.3) is 0 Å². The molecule has 194 valence electrons. The predicted molar refractivity (Wildman–Crippen MR) is 141 cm³/mol. The Morgan fingerprint density at radius 3 is 2.19 bits per heavy atom. The van der Waals surface area contributed by atoms with Crippen LogP contribution in [-0.2, 0) is 23.1 Å². The molecule has 5 rings (SSSR count). The second-order valence-corrected chi connectivity index (χ2v) is 11.7. The Hall–Kier alpha value is -3.52. The second kappa shape index (κ2) is 10.5. The van der Waals surface area contributed by atoms with Crippen LogP contribution in [0.5, 0.6) is 0 Å². The second-order valence-electron chi connectivity index (χ2n) is 9.68. The van der Waals surface area contributed by atoms with Crippen LogP contribution in [0.1, 0.15) is 59.6 Å². The third-order valence-corrected chi connectivity index (χ3v) is 8.71. The summed E-state index contributed by atoms with van der Waals surface area (Å²) in [6.07, 6.45) is 9.40. The maximum absolute atomic E-state index is 12.3. The molecule has 0 saturated heterocycles. The lowest BCUT2D eigenvalue weighted by atomic mass is 9.48. The van der Waals surface area contributed by atoms with Gasteiger partial charge in [-0.2, -0.15) is 5.10 Å². The highest BCUT2D eigenvalue weighted by Gasteiger charge is 2.55. The Labute approximate surface area is 221 Å². The molecular weight excluding hydrogens is 512 g/mol. The van der Waals surface area contributed by atoms with Crippen LogP contribution in [-0.4, -0.2) is 54.7 Å². The molecule has 2 fully saturated rings. The van der Waals surface area contributed by atoms with Gasteiger partial charge in [-0.05, 0) is 49.4 Å². The standard InChI is InChI=1S/C23H28N10O2S2/c1-25-5-3-15(24)7-17(34)26-21-30-28-19(36-21)13-9-23(10-13)11-14(12-23)20-29-31-22(37-20)27-18(35)8-16-4-6-33(2)32-16/h3-6,13-14,24-25H,7-12H2,1-2H3,(H,26,30,34)(H,27,31,35)/b5-3-,24-15?. The van der Waals surface area contributed by atoms with Crippen molar-refractivity contribution < 1.29 is 9.59 Å². The van der Waals surface area contributed by atoms with Gasteiger partial charge < -0.3 is 21.4 Å². The molecule has 2 aliphatic rings. The van der Waals surface area contributed by atoms with E-state index in [1.54, 1.807) is 24.0 Å². The predicted octanol–water partition coefficient (Wildman–Crippen LogP) is 2.83. The topological polar surface area (TPSA) is 163 Å². The molecule has 3 aromatic heterocycles. The lowest BCUT2D eigenvalue weighted by molar-refractivity contribution is -0.116. The van der Waals surface area contributed by atoms with E-state index in [1.807, 2.05) is 19.3 Å². The molecule has 0 aromatic carbocycles. The third kappa shape index (κ3) is 5.91. The van der Waals surface area contributed by atoms with Gasteiger partial charge in [-0.1, -0.05) is 22.7 Å². The van der Waals surface area contributed by atoms with E-state index in [9.17, 15) is 9.59 Å².